The predicted molar refractivity (Wildman–Crippen MR) is 36.7 cm³/mol. The Morgan fingerprint density at radius 1 is 1.67 bits per heavy atom. The second kappa shape index (κ2) is 3.34. The number of aromatic nitrogens is 1. The van der Waals surface area contributed by atoms with Gasteiger partial charge in [-0.3, -0.25) is 0 Å². The molecule has 0 aliphatic rings. The van der Waals surface area contributed by atoms with E-state index in [4.69, 9.17) is 0 Å². The van der Waals surface area contributed by atoms with Gasteiger partial charge in [0.25, 0.3) is 0 Å². The Morgan fingerprint density at radius 3 is 2.75 bits per heavy atom. The van der Waals surface area contributed by atoms with Gasteiger partial charge in [-0.05, 0) is 6.92 Å². The number of hydrogen-bond donors (Lipinski definition) is 1. The van der Waals surface area contributed by atoms with Gasteiger partial charge in [0, 0.05) is 6.07 Å². The van der Waals surface area contributed by atoms with E-state index in [2.05, 4.69) is 4.74 Å². The van der Waals surface area contributed by atoms with Crippen molar-refractivity contribution in [3.63, 3.8) is 0 Å². The van der Waals surface area contributed by atoms with Gasteiger partial charge in [-0.1, -0.05) is 0 Å². The van der Waals surface area contributed by atoms with Crippen LogP contribution in [0, 0.1) is 11.8 Å². The highest BCUT2D eigenvalue weighted by Crippen LogP contribution is 2.07. The number of carbonyl (C=O) groups is 1. The molecule has 0 saturated carbocycles. The van der Waals surface area contributed by atoms with Crippen LogP contribution in [0.2, 0.25) is 0 Å². The topological polar surface area (TPSA) is 42.1 Å². The highest BCUT2D eigenvalue weighted by atomic mass is 19.2. The lowest BCUT2D eigenvalue weighted by atomic mass is 10.4. The van der Waals surface area contributed by atoms with Crippen LogP contribution in [0.25, 0.3) is 0 Å². The highest BCUT2D eigenvalue weighted by Gasteiger charge is 2.13. The molecule has 12 heavy (non-hydrogen) atoms. The molecule has 0 bridgehead atoms. The first-order chi connectivity index (χ1) is 5.65. The number of nitrogens with one attached hydrogen (secondary N) is 1. The van der Waals surface area contributed by atoms with Crippen LogP contribution >= 0.6 is 0 Å². The fourth-order valence-corrected chi connectivity index (χ4v) is 0.723. The maximum Gasteiger partial charge on any atom is 0.354 e. The van der Waals surface area contributed by atoms with Crippen molar-refractivity contribution in [1.82, 2.24) is 4.98 Å². The molecule has 0 unspecified atom stereocenters. The molecule has 3 nitrogen and oxygen atoms in total. The predicted octanol–water partition coefficient (Wildman–Crippen LogP) is 1.47. The summed E-state index contributed by atoms with van der Waals surface area (Å²) in [4.78, 5) is 12.7. The summed E-state index contributed by atoms with van der Waals surface area (Å²) < 4.78 is 29.1. The van der Waals surface area contributed by atoms with Gasteiger partial charge in [0.2, 0.25) is 5.95 Å². The monoisotopic (exact) mass is 175 g/mol. The largest absolute Gasteiger partial charge is 0.461 e. The third-order valence-corrected chi connectivity index (χ3v) is 1.22. The smallest absolute Gasteiger partial charge is 0.354 e. The minimum absolute atomic E-state index is 0.168. The van der Waals surface area contributed by atoms with E-state index in [1.165, 1.54) is 0 Å². The Balaban J connectivity index is 2.82. The van der Waals surface area contributed by atoms with Crippen molar-refractivity contribution in [2.24, 2.45) is 0 Å². The highest BCUT2D eigenvalue weighted by molar-refractivity contribution is 5.87. The summed E-state index contributed by atoms with van der Waals surface area (Å²) in [5.74, 6) is -3.00. The lowest BCUT2D eigenvalue weighted by molar-refractivity contribution is 0.0519. The molecule has 0 radical (unpaired) electrons. The summed E-state index contributed by atoms with van der Waals surface area (Å²) in [6, 6.07) is 0.757. The minimum Gasteiger partial charge on any atom is -0.461 e. The maximum atomic E-state index is 12.3. The van der Waals surface area contributed by atoms with E-state index in [1.807, 2.05) is 4.98 Å². The van der Waals surface area contributed by atoms with Crippen LogP contribution in [-0.2, 0) is 4.74 Å². The van der Waals surface area contributed by atoms with Crippen molar-refractivity contribution in [1.29, 1.82) is 0 Å². The number of carbonyl (C=O) groups excluding carboxylic acids is 1. The second-order valence-electron chi connectivity index (χ2n) is 2.07. The molecule has 1 aromatic rings. The number of hydrogen-bond acceptors (Lipinski definition) is 2. The SMILES string of the molecule is CCOC(=O)c1cc(F)c(F)[nH]1. The van der Waals surface area contributed by atoms with E-state index in [0.29, 0.717) is 0 Å². The fourth-order valence-electron chi connectivity index (χ4n) is 0.723. The van der Waals surface area contributed by atoms with Crippen LogP contribution in [0.5, 0.6) is 0 Å². The van der Waals surface area contributed by atoms with Crippen LogP contribution < -0.4 is 0 Å². The lowest BCUT2D eigenvalue weighted by Crippen LogP contribution is -2.04. The molecule has 0 atom stereocenters. The number of halogens is 2. The number of rotatable bonds is 2. The van der Waals surface area contributed by atoms with Crippen molar-refractivity contribution in [3.8, 4) is 0 Å². The second-order valence-corrected chi connectivity index (χ2v) is 2.07. The quantitative estimate of drug-likeness (QED) is 0.691. The Labute approximate surface area is 67.3 Å². The molecule has 0 aliphatic carbocycles. The molecule has 0 aliphatic heterocycles. The third-order valence-electron chi connectivity index (χ3n) is 1.22. The van der Waals surface area contributed by atoms with E-state index in [0.717, 1.165) is 6.07 Å². The number of ether oxygens (including phenoxy) is 1. The first-order valence-corrected chi connectivity index (χ1v) is 3.36. The van der Waals surface area contributed by atoms with Crippen molar-refractivity contribution < 1.29 is 18.3 Å². The average Bonchev–Trinajstić information content (AvgIpc) is 2.33. The molecular weight excluding hydrogens is 168 g/mol. The molecular formula is C7H7F2NO2. The summed E-state index contributed by atoms with van der Waals surface area (Å²) in [6.45, 7) is 1.77. The Bertz CT molecular complexity index is 276. The van der Waals surface area contributed by atoms with E-state index < -0.39 is 17.7 Å². The first kappa shape index (κ1) is 8.70. The van der Waals surface area contributed by atoms with Gasteiger partial charge in [0.15, 0.2) is 5.82 Å². The van der Waals surface area contributed by atoms with E-state index in [9.17, 15) is 13.6 Å². The number of esters is 1. The lowest BCUT2D eigenvalue weighted by Gasteiger charge is -1.96. The van der Waals surface area contributed by atoms with Crippen LogP contribution in [0.4, 0.5) is 8.78 Å². The van der Waals surface area contributed by atoms with Gasteiger partial charge in [-0.2, -0.15) is 4.39 Å². The fraction of sp³-hybridized carbons (Fsp3) is 0.286. The third kappa shape index (κ3) is 1.61. The zero-order valence-corrected chi connectivity index (χ0v) is 6.36. The van der Waals surface area contributed by atoms with Crippen LogP contribution in [0.15, 0.2) is 6.07 Å². The van der Waals surface area contributed by atoms with E-state index in [-0.39, 0.29) is 12.3 Å². The van der Waals surface area contributed by atoms with Crippen molar-refractivity contribution >= 4 is 5.97 Å². The summed E-state index contributed by atoms with van der Waals surface area (Å²) in [5.41, 5.74) is -0.216. The standard InChI is InChI=1S/C7H7F2NO2/c1-2-12-7(11)5-3-4(8)6(9)10-5/h3,10H,2H2,1H3. The molecule has 66 valence electrons. The zero-order valence-electron chi connectivity index (χ0n) is 6.36. The molecule has 0 amide bonds. The van der Waals surface area contributed by atoms with E-state index >= 15 is 0 Å². The average molecular weight is 175 g/mol. The summed E-state index contributed by atoms with van der Waals surface area (Å²) in [6.07, 6.45) is 0. The Kier molecular flexibility index (Phi) is 2.42. The van der Waals surface area contributed by atoms with Gasteiger partial charge in [-0.25, -0.2) is 9.18 Å². The molecule has 1 N–H and O–H groups in total. The maximum absolute atomic E-state index is 12.3. The molecule has 0 aromatic carbocycles. The molecule has 1 heterocycles. The summed E-state index contributed by atoms with van der Waals surface area (Å²) in [7, 11) is 0. The summed E-state index contributed by atoms with van der Waals surface area (Å²) in [5, 5.41) is 0. The Morgan fingerprint density at radius 2 is 2.33 bits per heavy atom. The van der Waals surface area contributed by atoms with Crippen LogP contribution in [-0.4, -0.2) is 17.6 Å². The van der Waals surface area contributed by atoms with Crippen molar-refractivity contribution in [3.05, 3.63) is 23.5 Å². The van der Waals surface area contributed by atoms with Gasteiger partial charge in [0.05, 0.1) is 6.61 Å². The van der Waals surface area contributed by atoms with Crippen molar-refractivity contribution in [2.45, 2.75) is 6.92 Å². The minimum atomic E-state index is -1.15. The molecule has 1 aromatic heterocycles. The first-order valence-electron chi connectivity index (χ1n) is 3.36. The molecule has 0 saturated heterocycles. The molecule has 0 spiro atoms. The molecule has 0 fully saturated rings. The Hall–Kier alpha value is -1.39. The molecule has 5 heteroatoms. The van der Waals surface area contributed by atoms with Crippen molar-refractivity contribution in [2.75, 3.05) is 6.61 Å². The normalized spacial score (nSPS) is 9.92. The number of aromatic amines is 1. The van der Waals surface area contributed by atoms with Gasteiger partial charge in [-0.15, -0.1) is 0 Å². The van der Waals surface area contributed by atoms with E-state index in [1.54, 1.807) is 6.92 Å². The van der Waals surface area contributed by atoms with Gasteiger partial charge < -0.3 is 9.72 Å². The van der Waals surface area contributed by atoms with Gasteiger partial charge >= 0.3 is 5.97 Å². The van der Waals surface area contributed by atoms with Gasteiger partial charge in [0.1, 0.15) is 5.69 Å². The molecule has 1 rings (SSSR count). The summed E-state index contributed by atoms with van der Waals surface area (Å²) >= 11 is 0. The zero-order chi connectivity index (χ0) is 9.14. The van der Waals surface area contributed by atoms with Crippen LogP contribution in [0.3, 0.4) is 0 Å². The van der Waals surface area contributed by atoms with Crippen LogP contribution in [0.1, 0.15) is 17.4 Å². The number of H-pyrrole nitrogens is 1.